The normalized spacial score (nSPS) is 20.8. The molecule has 2 unspecified atom stereocenters. The van der Waals surface area contributed by atoms with Crippen LogP contribution in [0.4, 0.5) is 0 Å². The predicted molar refractivity (Wildman–Crippen MR) is 80.6 cm³/mol. The SMILES string of the molecule is CCCCCCCOCC(NCCC)C1CCOC1. The first-order valence-corrected chi connectivity index (χ1v) is 8.27. The summed E-state index contributed by atoms with van der Waals surface area (Å²) in [6.45, 7) is 9.14. The zero-order chi connectivity index (χ0) is 13.8. The minimum Gasteiger partial charge on any atom is -0.381 e. The van der Waals surface area contributed by atoms with Crippen LogP contribution in [0.3, 0.4) is 0 Å². The summed E-state index contributed by atoms with van der Waals surface area (Å²) >= 11 is 0. The molecule has 0 radical (unpaired) electrons. The summed E-state index contributed by atoms with van der Waals surface area (Å²) in [6, 6.07) is 0.484. The Bertz CT molecular complexity index is 193. The molecule has 0 spiro atoms. The van der Waals surface area contributed by atoms with Gasteiger partial charge in [-0.05, 0) is 25.8 Å². The summed E-state index contributed by atoms with van der Waals surface area (Å²) in [5, 5.41) is 3.62. The molecule has 0 amide bonds. The van der Waals surface area contributed by atoms with Crippen molar-refractivity contribution < 1.29 is 9.47 Å². The summed E-state index contributed by atoms with van der Waals surface area (Å²) < 4.78 is 11.4. The maximum atomic E-state index is 5.87. The van der Waals surface area contributed by atoms with Crippen LogP contribution in [0.1, 0.15) is 58.8 Å². The number of unbranched alkanes of at least 4 members (excludes halogenated alkanes) is 4. The summed E-state index contributed by atoms with van der Waals surface area (Å²) in [7, 11) is 0. The molecule has 1 N–H and O–H groups in total. The molecule has 1 fully saturated rings. The molecule has 1 saturated heterocycles. The van der Waals surface area contributed by atoms with E-state index in [1.165, 1.54) is 44.9 Å². The lowest BCUT2D eigenvalue weighted by atomic mass is 9.99. The Balaban J connectivity index is 2.06. The van der Waals surface area contributed by atoms with Crippen LogP contribution in [0.2, 0.25) is 0 Å². The second-order valence-corrected chi connectivity index (χ2v) is 5.67. The van der Waals surface area contributed by atoms with Crippen molar-refractivity contribution in [3.63, 3.8) is 0 Å². The van der Waals surface area contributed by atoms with E-state index in [9.17, 15) is 0 Å². The third-order valence-corrected chi connectivity index (χ3v) is 3.88. The number of ether oxygens (including phenoxy) is 2. The van der Waals surface area contributed by atoms with Crippen molar-refractivity contribution in [1.82, 2.24) is 5.32 Å². The standard InChI is InChI=1S/C16H33NO2/c1-3-5-6-7-8-11-18-14-16(17-10-4-2)15-9-12-19-13-15/h15-17H,3-14H2,1-2H3. The van der Waals surface area contributed by atoms with Crippen LogP contribution in [-0.2, 0) is 9.47 Å². The molecule has 0 aromatic carbocycles. The van der Waals surface area contributed by atoms with Gasteiger partial charge in [0, 0.05) is 25.2 Å². The molecule has 1 rings (SSSR count). The summed E-state index contributed by atoms with van der Waals surface area (Å²) in [5.74, 6) is 0.645. The first-order chi connectivity index (χ1) is 9.38. The molecule has 0 aromatic rings. The van der Waals surface area contributed by atoms with Crippen molar-refractivity contribution in [3.8, 4) is 0 Å². The van der Waals surface area contributed by atoms with Crippen molar-refractivity contribution in [2.24, 2.45) is 5.92 Å². The van der Waals surface area contributed by atoms with E-state index >= 15 is 0 Å². The van der Waals surface area contributed by atoms with E-state index in [1.54, 1.807) is 0 Å². The summed E-state index contributed by atoms with van der Waals surface area (Å²) in [6.07, 6.45) is 8.91. The highest BCUT2D eigenvalue weighted by molar-refractivity contribution is 4.79. The topological polar surface area (TPSA) is 30.5 Å². The lowest BCUT2D eigenvalue weighted by Crippen LogP contribution is -2.41. The van der Waals surface area contributed by atoms with Crippen LogP contribution in [0.15, 0.2) is 0 Å². The minimum atomic E-state index is 0.484. The summed E-state index contributed by atoms with van der Waals surface area (Å²) in [5.41, 5.74) is 0. The van der Waals surface area contributed by atoms with Crippen LogP contribution in [-0.4, -0.2) is 39.0 Å². The third-order valence-electron chi connectivity index (χ3n) is 3.88. The zero-order valence-corrected chi connectivity index (χ0v) is 13.0. The van der Waals surface area contributed by atoms with E-state index in [4.69, 9.17) is 9.47 Å². The van der Waals surface area contributed by atoms with Crippen LogP contribution >= 0.6 is 0 Å². The van der Waals surface area contributed by atoms with Gasteiger partial charge in [0.15, 0.2) is 0 Å². The second-order valence-electron chi connectivity index (χ2n) is 5.67. The zero-order valence-electron chi connectivity index (χ0n) is 13.0. The monoisotopic (exact) mass is 271 g/mol. The molecule has 0 aliphatic carbocycles. The van der Waals surface area contributed by atoms with Gasteiger partial charge >= 0.3 is 0 Å². The summed E-state index contributed by atoms with van der Waals surface area (Å²) in [4.78, 5) is 0. The molecule has 2 atom stereocenters. The molecule has 3 nitrogen and oxygen atoms in total. The maximum absolute atomic E-state index is 5.87. The Morgan fingerprint density at radius 3 is 2.68 bits per heavy atom. The number of hydrogen-bond acceptors (Lipinski definition) is 3. The fourth-order valence-electron chi connectivity index (χ4n) is 2.58. The van der Waals surface area contributed by atoms with Crippen LogP contribution in [0.25, 0.3) is 0 Å². The highest BCUT2D eigenvalue weighted by atomic mass is 16.5. The van der Waals surface area contributed by atoms with E-state index in [1.807, 2.05) is 0 Å². The number of hydrogen-bond donors (Lipinski definition) is 1. The van der Waals surface area contributed by atoms with Crippen LogP contribution in [0.5, 0.6) is 0 Å². The van der Waals surface area contributed by atoms with E-state index in [0.29, 0.717) is 12.0 Å². The fraction of sp³-hybridized carbons (Fsp3) is 1.00. The van der Waals surface area contributed by atoms with Gasteiger partial charge in [0.1, 0.15) is 0 Å². The van der Waals surface area contributed by atoms with E-state index in [-0.39, 0.29) is 0 Å². The number of rotatable bonds is 12. The molecule has 0 bridgehead atoms. The Morgan fingerprint density at radius 2 is 2.00 bits per heavy atom. The van der Waals surface area contributed by atoms with Gasteiger partial charge in [0.05, 0.1) is 13.2 Å². The average molecular weight is 271 g/mol. The first kappa shape index (κ1) is 16.9. The molecule has 3 heteroatoms. The molecular formula is C16H33NO2. The van der Waals surface area contributed by atoms with Gasteiger partial charge in [0.2, 0.25) is 0 Å². The Kier molecular flexibility index (Phi) is 10.4. The van der Waals surface area contributed by atoms with Crippen LogP contribution in [0, 0.1) is 5.92 Å². The molecule has 1 heterocycles. The quantitative estimate of drug-likeness (QED) is 0.552. The van der Waals surface area contributed by atoms with Gasteiger partial charge in [-0.3, -0.25) is 0 Å². The minimum absolute atomic E-state index is 0.484. The Labute approximate surface area is 119 Å². The van der Waals surface area contributed by atoms with Gasteiger partial charge in [-0.25, -0.2) is 0 Å². The smallest absolute Gasteiger partial charge is 0.0623 e. The molecule has 19 heavy (non-hydrogen) atoms. The first-order valence-electron chi connectivity index (χ1n) is 8.27. The fourth-order valence-corrected chi connectivity index (χ4v) is 2.58. The molecule has 0 aromatic heterocycles. The van der Waals surface area contributed by atoms with Crippen LogP contribution < -0.4 is 5.32 Å². The van der Waals surface area contributed by atoms with Crippen molar-refractivity contribution in [2.75, 3.05) is 33.0 Å². The van der Waals surface area contributed by atoms with E-state index < -0.39 is 0 Å². The van der Waals surface area contributed by atoms with Gasteiger partial charge in [-0.1, -0.05) is 39.5 Å². The van der Waals surface area contributed by atoms with Crippen molar-refractivity contribution >= 4 is 0 Å². The van der Waals surface area contributed by atoms with E-state index in [0.717, 1.165) is 33.0 Å². The molecular weight excluding hydrogens is 238 g/mol. The highest BCUT2D eigenvalue weighted by Crippen LogP contribution is 2.17. The van der Waals surface area contributed by atoms with Crippen molar-refractivity contribution in [1.29, 1.82) is 0 Å². The largest absolute Gasteiger partial charge is 0.381 e. The van der Waals surface area contributed by atoms with Gasteiger partial charge in [-0.15, -0.1) is 0 Å². The lowest BCUT2D eigenvalue weighted by molar-refractivity contribution is 0.0846. The van der Waals surface area contributed by atoms with Gasteiger partial charge in [0.25, 0.3) is 0 Å². The molecule has 1 aliphatic rings. The average Bonchev–Trinajstić information content (AvgIpc) is 2.95. The van der Waals surface area contributed by atoms with Crippen molar-refractivity contribution in [3.05, 3.63) is 0 Å². The van der Waals surface area contributed by atoms with Gasteiger partial charge < -0.3 is 14.8 Å². The van der Waals surface area contributed by atoms with Gasteiger partial charge in [-0.2, -0.15) is 0 Å². The lowest BCUT2D eigenvalue weighted by Gasteiger charge is -2.23. The van der Waals surface area contributed by atoms with Crippen molar-refractivity contribution in [2.45, 2.75) is 64.8 Å². The maximum Gasteiger partial charge on any atom is 0.0623 e. The molecule has 0 saturated carbocycles. The Hall–Kier alpha value is -0.120. The predicted octanol–water partition coefficient (Wildman–Crippen LogP) is 3.38. The highest BCUT2D eigenvalue weighted by Gasteiger charge is 2.25. The molecule has 114 valence electrons. The second kappa shape index (κ2) is 11.7. The third kappa shape index (κ3) is 7.91. The number of nitrogens with one attached hydrogen (secondary N) is 1. The van der Waals surface area contributed by atoms with E-state index in [2.05, 4.69) is 19.2 Å². The Morgan fingerprint density at radius 1 is 1.16 bits per heavy atom. The molecule has 1 aliphatic heterocycles.